The maximum absolute atomic E-state index is 12.2. The number of rotatable bonds is 4. The number of likely N-dealkylation sites (tertiary alicyclic amines) is 1. The SMILES string of the molecule is CC(CC(=O)N1C[C@@H](O)C[C@H]1C(=O)O)CC(C)(C)C. The summed E-state index contributed by atoms with van der Waals surface area (Å²) < 4.78 is 0. The van der Waals surface area contributed by atoms with Crippen LogP contribution in [0.4, 0.5) is 0 Å². The minimum atomic E-state index is -1.03. The van der Waals surface area contributed by atoms with Gasteiger partial charge in [-0.25, -0.2) is 4.79 Å². The number of amides is 1. The first-order valence-corrected chi connectivity index (χ1v) is 6.80. The summed E-state index contributed by atoms with van der Waals surface area (Å²) in [6.07, 6.45) is 0.665. The molecule has 1 saturated heterocycles. The van der Waals surface area contributed by atoms with Crippen molar-refractivity contribution in [2.45, 2.75) is 59.1 Å². The van der Waals surface area contributed by atoms with E-state index in [4.69, 9.17) is 5.11 Å². The molecule has 1 aliphatic rings. The molecule has 110 valence electrons. The fraction of sp³-hybridized carbons (Fsp3) is 0.857. The van der Waals surface area contributed by atoms with E-state index >= 15 is 0 Å². The van der Waals surface area contributed by atoms with Crippen LogP contribution in [0, 0.1) is 11.3 Å². The summed E-state index contributed by atoms with van der Waals surface area (Å²) in [4.78, 5) is 24.5. The van der Waals surface area contributed by atoms with Crippen molar-refractivity contribution in [3.05, 3.63) is 0 Å². The molecule has 1 aliphatic heterocycles. The summed E-state index contributed by atoms with van der Waals surface area (Å²) >= 11 is 0. The number of carbonyl (C=O) groups excluding carboxylic acids is 1. The van der Waals surface area contributed by atoms with Gasteiger partial charge in [0.1, 0.15) is 6.04 Å². The molecule has 0 aromatic rings. The predicted octanol–water partition coefficient (Wildman–Crippen LogP) is 1.50. The van der Waals surface area contributed by atoms with Crippen LogP contribution >= 0.6 is 0 Å². The van der Waals surface area contributed by atoms with Gasteiger partial charge < -0.3 is 15.1 Å². The summed E-state index contributed by atoms with van der Waals surface area (Å²) in [5, 5.41) is 18.6. The molecule has 0 radical (unpaired) electrons. The Hall–Kier alpha value is -1.10. The smallest absolute Gasteiger partial charge is 0.326 e. The third kappa shape index (κ3) is 4.82. The van der Waals surface area contributed by atoms with Crippen molar-refractivity contribution in [2.75, 3.05) is 6.54 Å². The predicted molar refractivity (Wildman–Crippen MR) is 71.6 cm³/mol. The van der Waals surface area contributed by atoms with Gasteiger partial charge in [-0.15, -0.1) is 0 Å². The number of carbonyl (C=O) groups is 2. The molecule has 5 nitrogen and oxygen atoms in total. The Bertz CT molecular complexity index is 348. The molecular formula is C14H25NO4. The Balaban J connectivity index is 2.59. The molecule has 19 heavy (non-hydrogen) atoms. The van der Waals surface area contributed by atoms with Gasteiger partial charge in [0.25, 0.3) is 0 Å². The molecule has 2 N–H and O–H groups in total. The highest BCUT2D eigenvalue weighted by Gasteiger charge is 2.39. The molecule has 0 saturated carbocycles. The zero-order chi connectivity index (χ0) is 14.8. The van der Waals surface area contributed by atoms with Crippen molar-refractivity contribution in [3.8, 4) is 0 Å². The molecule has 1 fully saturated rings. The number of aliphatic hydroxyl groups is 1. The summed E-state index contributed by atoms with van der Waals surface area (Å²) in [5.74, 6) is -0.992. The molecule has 0 spiro atoms. The van der Waals surface area contributed by atoms with Crippen LogP contribution in [-0.2, 0) is 9.59 Å². The third-order valence-corrected chi connectivity index (χ3v) is 3.37. The zero-order valence-electron chi connectivity index (χ0n) is 12.2. The third-order valence-electron chi connectivity index (χ3n) is 3.37. The molecule has 0 aliphatic carbocycles. The van der Waals surface area contributed by atoms with Gasteiger partial charge in [-0.2, -0.15) is 0 Å². The van der Waals surface area contributed by atoms with Gasteiger partial charge in [0.05, 0.1) is 6.10 Å². The molecule has 5 heteroatoms. The second-order valence-electron chi connectivity index (χ2n) is 6.86. The van der Waals surface area contributed by atoms with Gasteiger partial charge in [0, 0.05) is 19.4 Å². The standard InChI is InChI=1S/C14H25NO4/c1-9(7-14(2,3)4)5-12(17)15-8-10(16)6-11(15)13(18)19/h9-11,16H,5-8H2,1-4H3,(H,18,19)/t9?,10-,11-/m0/s1. The van der Waals surface area contributed by atoms with Gasteiger partial charge in [-0.05, 0) is 17.8 Å². The molecule has 1 amide bonds. The van der Waals surface area contributed by atoms with Gasteiger partial charge in [-0.3, -0.25) is 4.79 Å². The molecule has 0 aromatic heterocycles. The van der Waals surface area contributed by atoms with Crippen LogP contribution in [0.1, 0.15) is 47.0 Å². The zero-order valence-corrected chi connectivity index (χ0v) is 12.2. The highest BCUT2D eigenvalue weighted by atomic mass is 16.4. The lowest BCUT2D eigenvalue weighted by Gasteiger charge is -2.26. The van der Waals surface area contributed by atoms with E-state index in [1.54, 1.807) is 0 Å². The number of β-amino-alcohol motifs (C(OH)–C–C–N with tert-alkyl or cyclic N) is 1. The number of carboxylic acids is 1. The van der Waals surface area contributed by atoms with Gasteiger partial charge in [-0.1, -0.05) is 27.7 Å². The first kappa shape index (κ1) is 16.0. The van der Waals surface area contributed by atoms with Crippen LogP contribution in [0.3, 0.4) is 0 Å². The highest BCUT2D eigenvalue weighted by molar-refractivity contribution is 5.84. The summed E-state index contributed by atoms with van der Waals surface area (Å²) in [5.41, 5.74) is 0.149. The van der Waals surface area contributed by atoms with Gasteiger partial charge >= 0.3 is 5.97 Å². The topological polar surface area (TPSA) is 77.8 Å². The fourth-order valence-electron chi connectivity index (χ4n) is 2.86. The van der Waals surface area contributed by atoms with Crippen LogP contribution in [0.5, 0.6) is 0 Å². The molecule has 0 bridgehead atoms. The van der Waals surface area contributed by atoms with E-state index in [1.165, 1.54) is 4.90 Å². The van der Waals surface area contributed by atoms with Crippen LogP contribution in [-0.4, -0.2) is 45.7 Å². The van der Waals surface area contributed by atoms with Crippen LogP contribution in [0.2, 0.25) is 0 Å². The maximum atomic E-state index is 12.2. The van der Waals surface area contributed by atoms with Crippen molar-refractivity contribution in [1.82, 2.24) is 4.90 Å². The first-order chi connectivity index (χ1) is 8.60. The van der Waals surface area contributed by atoms with Crippen molar-refractivity contribution in [3.63, 3.8) is 0 Å². The second kappa shape index (κ2) is 5.90. The Morgan fingerprint density at radius 3 is 2.42 bits per heavy atom. The fourth-order valence-corrected chi connectivity index (χ4v) is 2.86. The second-order valence-corrected chi connectivity index (χ2v) is 6.86. The minimum absolute atomic E-state index is 0.134. The molecule has 1 rings (SSSR count). The van der Waals surface area contributed by atoms with Gasteiger partial charge in [0.15, 0.2) is 0 Å². The van der Waals surface area contributed by atoms with E-state index in [9.17, 15) is 14.7 Å². The maximum Gasteiger partial charge on any atom is 0.326 e. The number of aliphatic hydroxyl groups excluding tert-OH is 1. The van der Waals surface area contributed by atoms with Crippen molar-refractivity contribution < 1.29 is 19.8 Å². The number of carboxylic acid groups (broad SMARTS) is 1. The largest absolute Gasteiger partial charge is 0.480 e. The summed E-state index contributed by atoms with van der Waals surface area (Å²) in [7, 11) is 0. The average Bonchev–Trinajstić information content (AvgIpc) is 2.57. The molecular weight excluding hydrogens is 246 g/mol. The van der Waals surface area contributed by atoms with Crippen molar-refractivity contribution >= 4 is 11.9 Å². The Kier molecular flexibility index (Phi) is 4.96. The quantitative estimate of drug-likeness (QED) is 0.812. The van der Waals surface area contributed by atoms with E-state index in [1.807, 2.05) is 6.92 Å². The van der Waals surface area contributed by atoms with E-state index in [0.717, 1.165) is 6.42 Å². The summed E-state index contributed by atoms with van der Waals surface area (Å²) in [6.45, 7) is 8.50. The lowest BCUT2D eigenvalue weighted by molar-refractivity contribution is -0.148. The molecule has 1 heterocycles. The lowest BCUT2D eigenvalue weighted by atomic mass is 9.84. The molecule has 0 aromatic carbocycles. The van der Waals surface area contributed by atoms with Crippen LogP contribution < -0.4 is 0 Å². The number of hydrogen-bond acceptors (Lipinski definition) is 3. The molecule has 3 atom stereocenters. The van der Waals surface area contributed by atoms with Crippen LogP contribution in [0.15, 0.2) is 0 Å². The first-order valence-electron chi connectivity index (χ1n) is 6.80. The number of hydrogen-bond donors (Lipinski definition) is 2. The highest BCUT2D eigenvalue weighted by Crippen LogP contribution is 2.27. The van der Waals surface area contributed by atoms with Crippen LogP contribution in [0.25, 0.3) is 0 Å². The number of aliphatic carboxylic acids is 1. The molecule has 1 unspecified atom stereocenters. The average molecular weight is 271 g/mol. The van der Waals surface area contributed by atoms with E-state index < -0.39 is 18.1 Å². The number of nitrogens with zero attached hydrogens (tertiary/aromatic N) is 1. The Labute approximate surface area is 114 Å². The van der Waals surface area contributed by atoms with E-state index in [0.29, 0.717) is 6.42 Å². The van der Waals surface area contributed by atoms with Gasteiger partial charge in [0.2, 0.25) is 5.91 Å². The lowest BCUT2D eigenvalue weighted by Crippen LogP contribution is -2.41. The Morgan fingerprint density at radius 2 is 1.95 bits per heavy atom. The normalized spacial score (nSPS) is 25.4. The minimum Gasteiger partial charge on any atom is -0.480 e. The van der Waals surface area contributed by atoms with Crippen molar-refractivity contribution in [2.24, 2.45) is 11.3 Å². The van der Waals surface area contributed by atoms with E-state index in [2.05, 4.69) is 20.8 Å². The Morgan fingerprint density at radius 1 is 1.37 bits per heavy atom. The van der Waals surface area contributed by atoms with Crippen molar-refractivity contribution in [1.29, 1.82) is 0 Å². The summed E-state index contributed by atoms with van der Waals surface area (Å²) in [6, 6.07) is -0.871. The van der Waals surface area contributed by atoms with E-state index in [-0.39, 0.29) is 30.2 Å². The monoisotopic (exact) mass is 271 g/mol.